The minimum Gasteiger partial charge on any atom is -0.369 e. The van der Waals surface area contributed by atoms with Crippen LogP contribution in [0.3, 0.4) is 0 Å². The van der Waals surface area contributed by atoms with Crippen molar-refractivity contribution in [3.63, 3.8) is 0 Å². The Labute approximate surface area is 196 Å². The van der Waals surface area contributed by atoms with Gasteiger partial charge in [-0.2, -0.15) is 0 Å². The maximum Gasteiger partial charge on any atom is 0.0966 e. The Kier molecular flexibility index (Phi) is 5.61. The van der Waals surface area contributed by atoms with Crippen LogP contribution in [0.2, 0.25) is 0 Å². The highest BCUT2D eigenvalue weighted by molar-refractivity contribution is 5.80. The lowest BCUT2D eigenvalue weighted by molar-refractivity contribution is 0.187. The van der Waals surface area contributed by atoms with Crippen LogP contribution in [0.5, 0.6) is 0 Å². The van der Waals surface area contributed by atoms with Crippen molar-refractivity contribution in [1.29, 1.82) is 0 Å². The fourth-order valence-corrected chi connectivity index (χ4v) is 5.82. The van der Waals surface area contributed by atoms with Gasteiger partial charge >= 0.3 is 0 Å². The first kappa shape index (κ1) is 20.5. The summed E-state index contributed by atoms with van der Waals surface area (Å²) in [5.74, 6) is 0. The van der Waals surface area contributed by atoms with Crippen LogP contribution in [0, 0.1) is 0 Å². The molecule has 0 N–H and O–H groups in total. The number of piperazine rings is 1. The van der Waals surface area contributed by atoms with Gasteiger partial charge in [-0.3, -0.25) is 4.90 Å². The lowest BCUT2D eigenvalue weighted by Gasteiger charge is -2.39. The van der Waals surface area contributed by atoms with Crippen LogP contribution in [0.15, 0.2) is 85.2 Å². The molecule has 6 rings (SSSR count). The number of imidazole rings is 1. The van der Waals surface area contributed by atoms with Crippen molar-refractivity contribution in [2.45, 2.75) is 37.8 Å². The molecule has 2 aliphatic rings. The van der Waals surface area contributed by atoms with Crippen molar-refractivity contribution in [1.82, 2.24) is 14.5 Å². The standard InChI is InChI=1S/C29H32N4/c1-3-9-23(10-4-1)29(24-11-5-2-6-12-24)33-22-30-27-16-15-26(21-28(27)33)32-19-17-31(18-20-32)25-13-7-8-14-25/h1-6,9-12,15-16,21-22,25,29H,7-8,13-14,17-20H2. The van der Waals surface area contributed by atoms with Gasteiger partial charge in [-0.25, -0.2) is 4.98 Å². The maximum absolute atomic E-state index is 4.78. The Morgan fingerprint density at radius 2 is 1.36 bits per heavy atom. The highest BCUT2D eigenvalue weighted by Crippen LogP contribution is 2.32. The molecule has 4 nitrogen and oxygen atoms in total. The zero-order valence-electron chi connectivity index (χ0n) is 19.2. The normalized spacial score (nSPS) is 17.9. The smallest absolute Gasteiger partial charge is 0.0966 e. The molecule has 3 aromatic carbocycles. The molecule has 4 heteroatoms. The third-order valence-electron chi connectivity index (χ3n) is 7.59. The van der Waals surface area contributed by atoms with Crippen molar-refractivity contribution in [3.8, 4) is 0 Å². The zero-order valence-corrected chi connectivity index (χ0v) is 19.2. The zero-order chi connectivity index (χ0) is 22.0. The summed E-state index contributed by atoms with van der Waals surface area (Å²) in [5.41, 5.74) is 6.12. The van der Waals surface area contributed by atoms with E-state index in [2.05, 4.69) is 93.2 Å². The van der Waals surface area contributed by atoms with Crippen LogP contribution in [0.25, 0.3) is 11.0 Å². The van der Waals surface area contributed by atoms with E-state index >= 15 is 0 Å². The summed E-state index contributed by atoms with van der Waals surface area (Å²) in [6.45, 7) is 4.57. The Bertz CT molecular complexity index is 1150. The van der Waals surface area contributed by atoms with Gasteiger partial charge in [0.25, 0.3) is 0 Å². The lowest BCUT2D eigenvalue weighted by atomic mass is 9.98. The number of nitrogens with zero attached hydrogens (tertiary/aromatic N) is 4. The van der Waals surface area contributed by atoms with Gasteiger partial charge in [0.2, 0.25) is 0 Å². The fraction of sp³-hybridized carbons (Fsp3) is 0.345. The van der Waals surface area contributed by atoms with Crippen molar-refractivity contribution >= 4 is 16.7 Å². The van der Waals surface area contributed by atoms with E-state index in [1.165, 1.54) is 61.1 Å². The molecule has 1 saturated heterocycles. The van der Waals surface area contributed by atoms with Gasteiger partial charge in [0, 0.05) is 37.9 Å². The first-order chi connectivity index (χ1) is 16.4. The summed E-state index contributed by atoms with van der Waals surface area (Å²) in [4.78, 5) is 10.1. The third-order valence-corrected chi connectivity index (χ3v) is 7.59. The average molecular weight is 437 g/mol. The van der Waals surface area contributed by atoms with Gasteiger partial charge in [0.05, 0.1) is 23.4 Å². The molecule has 4 aromatic rings. The molecule has 33 heavy (non-hydrogen) atoms. The van der Waals surface area contributed by atoms with E-state index in [1.54, 1.807) is 0 Å². The Morgan fingerprint density at radius 1 is 0.727 bits per heavy atom. The predicted octanol–water partition coefficient (Wildman–Crippen LogP) is 5.74. The Hall–Kier alpha value is -3.11. The molecular weight excluding hydrogens is 404 g/mol. The number of anilines is 1. The maximum atomic E-state index is 4.78. The van der Waals surface area contributed by atoms with Gasteiger partial charge in [-0.15, -0.1) is 0 Å². The minimum atomic E-state index is 0.104. The monoisotopic (exact) mass is 436 g/mol. The summed E-state index contributed by atoms with van der Waals surface area (Å²) < 4.78 is 2.35. The summed E-state index contributed by atoms with van der Waals surface area (Å²) in [6, 6.07) is 29.3. The number of aromatic nitrogens is 2. The molecule has 0 spiro atoms. The van der Waals surface area contributed by atoms with Gasteiger partial charge in [0.15, 0.2) is 0 Å². The second kappa shape index (κ2) is 9.03. The summed E-state index contributed by atoms with van der Waals surface area (Å²) in [7, 11) is 0. The first-order valence-electron chi connectivity index (χ1n) is 12.4. The van der Waals surface area contributed by atoms with Gasteiger partial charge < -0.3 is 9.47 Å². The van der Waals surface area contributed by atoms with Gasteiger partial charge in [-0.1, -0.05) is 73.5 Å². The molecule has 2 fully saturated rings. The molecule has 1 aliphatic heterocycles. The van der Waals surface area contributed by atoms with Crippen molar-refractivity contribution in [2.24, 2.45) is 0 Å². The van der Waals surface area contributed by atoms with Crippen LogP contribution in [-0.2, 0) is 0 Å². The quantitative estimate of drug-likeness (QED) is 0.399. The van der Waals surface area contributed by atoms with Crippen molar-refractivity contribution in [2.75, 3.05) is 31.1 Å². The molecule has 0 radical (unpaired) electrons. The minimum absolute atomic E-state index is 0.104. The van der Waals surface area contributed by atoms with Gasteiger partial charge in [0.1, 0.15) is 0 Å². The first-order valence-corrected chi connectivity index (χ1v) is 12.4. The molecule has 1 aliphatic carbocycles. The molecule has 0 atom stereocenters. The number of rotatable bonds is 5. The number of fused-ring (bicyclic) bond motifs is 1. The molecule has 0 bridgehead atoms. The van der Waals surface area contributed by atoms with Crippen LogP contribution in [-0.4, -0.2) is 46.7 Å². The number of benzene rings is 3. The topological polar surface area (TPSA) is 24.3 Å². The van der Waals surface area contributed by atoms with Crippen LogP contribution < -0.4 is 4.90 Å². The second-order valence-electron chi connectivity index (χ2n) is 9.51. The molecular formula is C29H32N4. The summed E-state index contributed by atoms with van der Waals surface area (Å²) in [5, 5.41) is 0. The second-order valence-corrected chi connectivity index (χ2v) is 9.51. The van der Waals surface area contributed by atoms with Gasteiger partial charge in [-0.05, 0) is 42.2 Å². The molecule has 1 aromatic heterocycles. The highest BCUT2D eigenvalue weighted by Gasteiger charge is 2.26. The molecule has 168 valence electrons. The third kappa shape index (κ3) is 4.04. The summed E-state index contributed by atoms with van der Waals surface area (Å²) >= 11 is 0. The largest absolute Gasteiger partial charge is 0.369 e. The molecule has 1 saturated carbocycles. The van der Waals surface area contributed by atoms with Crippen LogP contribution >= 0.6 is 0 Å². The van der Waals surface area contributed by atoms with E-state index in [1.807, 2.05) is 6.33 Å². The van der Waals surface area contributed by atoms with Crippen molar-refractivity contribution in [3.05, 3.63) is 96.3 Å². The average Bonchev–Trinajstić information content (AvgIpc) is 3.56. The van der Waals surface area contributed by atoms with Crippen LogP contribution in [0.4, 0.5) is 5.69 Å². The molecule has 2 heterocycles. The summed E-state index contributed by atoms with van der Waals surface area (Å²) in [6.07, 6.45) is 7.62. The van der Waals surface area contributed by atoms with E-state index in [-0.39, 0.29) is 6.04 Å². The van der Waals surface area contributed by atoms with E-state index in [0.29, 0.717) is 0 Å². The SMILES string of the molecule is c1ccc(C(c2ccccc2)n2cnc3ccc(N4CCN(C5CCCC5)CC4)cc32)cc1. The van der Waals surface area contributed by atoms with Crippen molar-refractivity contribution < 1.29 is 0 Å². The number of hydrogen-bond acceptors (Lipinski definition) is 3. The number of hydrogen-bond donors (Lipinski definition) is 0. The van der Waals surface area contributed by atoms with Crippen LogP contribution in [0.1, 0.15) is 42.9 Å². The Balaban J connectivity index is 1.33. The van der Waals surface area contributed by atoms with E-state index in [9.17, 15) is 0 Å². The highest BCUT2D eigenvalue weighted by atomic mass is 15.3. The predicted molar refractivity (Wildman–Crippen MR) is 136 cm³/mol. The molecule has 0 amide bonds. The van der Waals surface area contributed by atoms with E-state index in [0.717, 1.165) is 24.6 Å². The van der Waals surface area contributed by atoms with E-state index in [4.69, 9.17) is 4.98 Å². The van der Waals surface area contributed by atoms with E-state index < -0.39 is 0 Å². The Morgan fingerprint density at radius 3 is 2.00 bits per heavy atom. The lowest BCUT2D eigenvalue weighted by Crippen LogP contribution is -2.49. The molecule has 0 unspecified atom stereocenters. The fourth-order valence-electron chi connectivity index (χ4n) is 5.82.